The topological polar surface area (TPSA) is 99.5 Å². The van der Waals surface area contributed by atoms with E-state index in [9.17, 15) is 9.59 Å². The van der Waals surface area contributed by atoms with Crippen molar-refractivity contribution in [1.82, 2.24) is 15.5 Å². The highest BCUT2D eigenvalue weighted by atomic mass is 16.2. The molecule has 3 aromatic rings. The molecule has 0 aliphatic carbocycles. The van der Waals surface area contributed by atoms with Gasteiger partial charge in [-0.1, -0.05) is 54.6 Å². The van der Waals surface area contributed by atoms with E-state index in [0.717, 1.165) is 24.9 Å². The van der Waals surface area contributed by atoms with Gasteiger partial charge >= 0.3 is 6.03 Å². The highest BCUT2D eigenvalue weighted by Crippen LogP contribution is 2.20. The number of anilines is 2. The fourth-order valence-electron chi connectivity index (χ4n) is 3.56. The second-order valence-corrected chi connectivity index (χ2v) is 8.44. The van der Waals surface area contributed by atoms with Gasteiger partial charge in [-0.15, -0.1) is 0 Å². The molecule has 3 amide bonds. The van der Waals surface area contributed by atoms with Crippen LogP contribution in [0.2, 0.25) is 0 Å². The Morgan fingerprint density at radius 1 is 0.912 bits per heavy atom. The van der Waals surface area contributed by atoms with E-state index in [4.69, 9.17) is 5.73 Å². The molecule has 0 aliphatic heterocycles. The SMILES string of the molecule is CN(C)CCC(NC(=O)NCCc1ccccc1)c1ccc(C(=O)Nc2ccccc2N)cc1. The number of carbonyl (C=O) groups is 2. The van der Waals surface area contributed by atoms with Crippen LogP contribution in [0.3, 0.4) is 0 Å². The van der Waals surface area contributed by atoms with E-state index in [2.05, 4.69) is 20.9 Å². The molecule has 0 fully saturated rings. The summed E-state index contributed by atoms with van der Waals surface area (Å²) in [6.07, 6.45) is 1.51. The van der Waals surface area contributed by atoms with Gasteiger partial charge in [0.25, 0.3) is 5.91 Å². The molecule has 7 heteroatoms. The van der Waals surface area contributed by atoms with Gasteiger partial charge in [0.1, 0.15) is 0 Å². The maximum absolute atomic E-state index is 12.6. The number of nitrogens with two attached hydrogens (primary N) is 1. The first-order valence-corrected chi connectivity index (χ1v) is 11.4. The molecule has 0 aromatic heterocycles. The van der Waals surface area contributed by atoms with E-state index in [1.165, 1.54) is 5.56 Å². The molecule has 1 unspecified atom stereocenters. The van der Waals surface area contributed by atoms with E-state index in [1.807, 2.05) is 68.7 Å². The number of hydrogen-bond acceptors (Lipinski definition) is 4. The molecule has 0 saturated heterocycles. The molecule has 0 saturated carbocycles. The quantitative estimate of drug-likeness (QED) is 0.344. The van der Waals surface area contributed by atoms with Gasteiger partial charge in [-0.2, -0.15) is 0 Å². The number of nitrogens with zero attached hydrogens (tertiary/aromatic N) is 1. The number of nitrogen functional groups attached to an aromatic ring is 1. The zero-order valence-corrected chi connectivity index (χ0v) is 19.8. The lowest BCUT2D eigenvalue weighted by Crippen LogP contribution is -2.39. The van der Waals surface area contributed by atoms with Crippen LogP contribution in [-0.2, 0) is 6.42 Å². The second kappa shape index (κ2) is 12.4. The predicted molar refractivity (Wildman–Crippen MR) is 138 cm³/mol. The number of carbonyl (C=O) groups excluding carboxylic acids is 2. The molecule has 7 nitrogen and oxygen atoms in total. The van der Waals surface area contributed by atoms with E-state index in [-0.39, 0.29) is 18.0 Å². The van der Waals surface area contributed by atoms with Crippen molar-refractivity contribution in [2.24, 2.45) is 0 Å². The van der Waals surface area contributed by atoms with Gasteiger partial charge < -0.3 is 26.6 Å². The van der Waals surface area contributed by atoms with Crippen molar-refractivity contribution in [1.29, 1.82) is 0 Å². The van der Waals surface area contributed by atoms with E-state index < -0.39 is 0 Å². The Morgan fingerprint density at radius 2 is 1.59 bits per heavy atom. The second-order valence-electron chi connectivity index (χ2n) is 8.44. The van der Waals surface area contributed by atoms with Crippen LogP contribution < -0.4 is 21.7 Å². The van der Waals surface area contributed by atoms with Crippen LogP contribution in [0.5, 0.6) is 0 Å². The number of amides is 3. The summed E-state index contributed by atoms with van der Waals surface area (Å²) in [6.45, 7) is 1.36. The Balaban J connectivity index is 1.61. The number of rotatable bonds is 10. The number of urea groups is 1. The summed E-state index contributed by atoms with van der Waals surface area (Å²) in [6, 6.07) is 24.1. The van der Waals surface area contributed by atoms with Crippen molar-refractivity contribution in [3.05, 3.63) is 95.6 Å². The Bertz CT molecular complexity index is 1070. The van der Waals surface area contributed by atoms with Crippen LogP contribution in [0.1, 0.15) is 33.9 Å². The lowest BCUT2D eigenvalue weighted by Gasteiger charge is -2.22. The van der Waals surface area contributed by atoms with Crippen LogP contribution >= 0.6 is 0 Å². The van der Waals surface area contributed by atoms with Crippen LogP contribution in [-0.4, -0.2) is 44.0 Å². The van der Waals surface area contributed by atoms with Gasteiger partial charge in [0.2, 0.25) is 0 Å². The first-order chi connectivity index (χ1) is 16.4. The largest absolute Gasteiger partial charge is 0.397 e. The summed E-state index contributed by atoms with van der Waals surface area (Å²) in [5.74, 6) is -0.235. The monoisotopic (exact) mass is 459 g/mol. The maximum atomic E-state index is 12.6. The lowest BCUT2D eigenvalue weighted by atomic mass is 10.0. The highest BCUT2D eigenvalue weighted by molar-refractivity contribution is 6.05. The summed E-state index contributed by atoms with van der Waals surface area (Å²) in [5.41, 5.74) is 9.65. The van der Waals surface area contributed by atoms with Crippen molar-refractivity contribution >= 4 is 23.3 Å². The molecule has 3 rings (SSSR count). The van der Waals surface area contributed by atoms with E-state index in [0.29, 0.717) is 23.5 Å². The normalized spacial score (nSPS) is 11.6. The molecule has 0 radical (unpaired) electrons. The maximum Gasteiger partial charge on any atom is 0.315 e. The fourth-order valence-corrected chi connectivity index (χ4v) is 3.56. The molecule has 178 valence electrons. The molecule has 0 heterocycles. The first-order valence-electron chi connectivity index (χ1n) is 11.4. The summed E-state index contributed by atoms with van der Waals surface area (Å²) in [5, 5.41) is 8.85. The van der Waals surface area contributed by atoms with Gasteiger partial charge in [0, 0.05) is 12.1 Å². The molecule has 0 aliphatic rings. The van der Waals surface area contributed by atoms with Gasteiger partial charge in [-0.05, 0) is 68.9 Å². The van der Waals surface area contributed by atoms with Crippen LogP contribution in [0.4, 0.5) is 16.2 Å². The lowest BCUT2D eigenvalue weighted by molar-refractivity contribution is 0.102. The Labute approximate surface area is 201 Å². The van der Waals surface area contributed by atoms with Crippen molar-refractivity contribution in [2.75, 3.05) is 38.2 Å². The van der Waals surface area contributed by atoms with Gasteiger partial charge in [0.05, 0.1) is 17.4 Å². The van der Waals surface area contributed by atoms with Gasteiger partial charge in [0.15, 0.2) is 0 Å². The third-order valence-corrected chi connectivity index (χ3v) is 5.50. The van der Waals surface area contributed by atoms with Gasteiger partial charge in [-0.3, -0.25) is 4.79 Å². The molecule has 0 spiro atoms. The Morgan fingerprint density at radius 3 is 2.26 bits per heavy atom. The highest BCUT2D eigenvalue weighted by Gasteiger charge is 2.16. The van der Waals surface area contributed by atoms with Gasteiger partial charge in [-0.25, -0.2) is 4.79 Å². The Hall–Kier alpha value is -3.84. The molecule has 3 aromatic carbocycles. The van der Waals surface area contributed by atoms with E-state index >= 15 is 0 Å². The number of benzene rings is 3. The third-order valence-electron chi connectivity index (χ3n) is 5.50. The zero-order valence-electron chi connectivity index (χ0n) is 19.8. The minimum absolute atomic E-state index is 0.180. The molecular formula is C27H33N5O2. The fraction of sp³-hybridized carbons (Fsp3) is 0.259. The average molecular weight is 460 g/mol. The van der Waals surface area contributed by atoms with E-state index in [1.54, 1.807) is 24.3 Å². The smallest absolute Gasteiger partial charge is 0.315 e. The molecule has 5 N–H and O–H groups in total. The third kappa shape index (κ3) is 7.64. The molecule has 0 bridgehead atoms. The zero-order chi connectivity index (χ0) is 24.3. The minimum Gasteiger partial charge on any atom is -0.397 e. The van der Waals surface area contributed by atoms with Crippen molar-refractivity contribution in [3.63, 3.8) is 0 Å². The van der Waals surface area contributed by atoms with Crippen LogP contribution in [0.15, 0.2) is 78.9 Å². The molecular weight excluding hydrogens is 426 g/mol. The molecule has 1 atom stereocenters. The number of nitrogens with one attached hydrogen (secondary N) is 3. The first kappa shape index (κ1) is 24.8. The van der Waals surface area contributed by atoms with Crippen molar-refractivity contribution in [2.45, 2.75) is 18.9 Å². The summed E-state index contributed by atoms with van der Waals surface area (Å²) in [4.78, 5) is 27.3. The van der Waals surface area contributed by atoms with Crippen LogP contribution in [0.25, 0.3) is 0 Å². The van der Waals surface area contributed by atoms with Crippen molar-refractivity contribution < 1.29 is 9.59 Å². The number of hydrogen-bond donors (Lipinski definition) is 4. The summed E-state index contributed by atoms with van der Waals surface area (Å²) < 4.78 is 0. The Kier molecular flexibility index (Phi) is 9.05. The predicted octanol–water partition coefficient (Wildman–Crippen LogP) is 4.06. The standard InChI is InChI=1S/C27H33N5O2/c1-32(2)19-17-24(31-27(34)29-18-16-20-8-4-3-5-9-20)21-12-14-22(15-13-21)26(33)30-25-11-7-6-10-23(25)28/h3-15,24H,16-19,28H2,1-2H3,(H,30,33)(H2,29,31,34). The molecule has 34 heavy (non-hydrogen) atoms. The summed E-state index contributed by atoms with van der Waals surface area (Å²) >= 11 is 0. The van der Waals surface area contributed by atoms with Crippen molar-refractivity contribution in [3.8, 4) is 0 Å². The number of para-hydroxylation sites is 2. The average Bonchev–Trinajstić information content (AvgIpc) is 2.84. The minimum atomic E-state index is -0.235. The summed E-state index contributed by atoms with van der Waals surface area (Å²) in [7, 11) is 4.00. The van der Waals surface area contributed by atoms with Crippen LogP contribution in [0, 0.1) is 0 Å².